The number of allylic oxidation sites excluding steroid dienone is 2. The third-order valence-corrected chi connectivity index (χ3v) is 4.37. The molecule has 0 radical (unpaired) electrons. The molecule has 0 bridgehead atoms. The van der Waals surface area contributed by atoms with Gasteiger partial charge in [0.05, 0.1) is 0 Å². The Morgan fingerprint density at radius 1 is 0.786 bits per heavy atom. The molecule has 3 aliphatic carbocycles. The van der Waals surface area contributed by atoms with Crippen molar-refractivity contribution in [3.05, 3.63) is 11.1 Å². The first kappa shape index (κ1) is 8.70. The molecule has 1 nitrogen and oxygen atoms in total. The summed E-state index contributed by atoms with van der Waals surface area (Å²) in [6, 6.07) is 0. The summed E-state index contributed by atoms with van der Waals surface area (Å²) >= 11 is 0. The number of carbonyl (C=O) groups excluding carboxylic acids is 1. The molecule has 0 saturated heterocycles. The van der Waals surface area contributed by atoms with Crippen LogP contribution in [0, 0.1) is 11.8 Å². The SMILES string of the molecule is O=C1C[C@@H]2CC3=C(CCCC3)C[C@@H]2C1. The minimum Gasteiger partial charge on any atom is -0.300 e. The molecule has 0 unspecified atom stereocenters. The van der Waals surface area contributed by atoms with E-state index in [0.29, 0.717) is 5.78 Å². The Morgan fingerprint density at radius 2 is 1.29 bits per heavy atom. The Bertz CT molecular complexity index is 272. The van der Waals surface area contributed by atoms with E-state index in [4.69, 9.17) is 0 Å². The average Bonchev–Trinajstić information content (AvgIpc) is 2.53. The summed E-state index contributed by atoms with van der Waals surface area (Å²) in [6.45, 7) is 0. The maximum atomic E-state index is 11.4. The van der Waals surface area contributed by atoms with Crippen molar-refractivity contribution in [1.82, 2.24) is 0 Å². The highest BCUT2D eigenvalue weighted by molar-refractivity contribution is 5.81. The smallest absolute Gasteiger partial charge is 0.133 e. The molecule has 3 rings (SSSR count). The fraction of sp³-hybridized carbons (Fsp3) is 0.769. The Hall–Kier alpha value is -0.590. The van der Waals surface area contributed by atoms with Gasteiger partial charge in [-0.25, -0.2) is 0 Å². The quantitative estimate of drug-likeness (QED) is 0.536. The maximum Gasteiger partial charge on any atom is 0.133 e. The summed E-state index contributed by atoms with van der Waals surface area (Å²) in [7, 11) is 0. The van der Waals surface area contributed by atoms with E-state index in [1.165, 1.54) is 38.5 Å². The summed E-state index contributed by atoms with van der Waals surface area (Å²) in [5, 5.41) is 0. The van der Waals surface area contributed by atoms with Crippen LogP contribution in [0.5, 0.6) is 0 Å². The summed E-state index contributed by atoms with van der Waals surface area (Å²) in [4.78, 5) is 11.4. The van der Waals surface area contributed by atoms with Gasteiger partial charge in [-0.3, -0.25) is 4.79 Å². The minimum absolute atomic E-state index is 0.528. The topological polar surface area (TPSA) is 17.1 Å². The molecule has 0 aromatic rings. The second kappa shape index (κ2) is 3.22. The van der Waals surface area contributed by atoms with Crippen LogP contribution in [0.2, 0.25) is 0 Å². The van der Waals surface area contributed by atoms with Gasteiger partial charge in [0.1, 0.15) is 5.78 Å². The zero-order valence-electron chi connectivity index (χ0n) is 8.72. The van der Waals surface area contributed by atoms with Crippen LogP contribution in [-0.2, 0) is 4.79 Å². The van der Waals surface area contributed by atoms with E-state index in [1.54, 1.807) is 11.1 Å². The van der Waals surface area contributed by atoms with Crippen LogP contribution in [0.25, 0.3) is 0 Å². The van der Waals surface area contributed by atoms with Crippen LogP contribution in [0.3, 0.4) is 0 Å². The van der Waals surface area contributed by atoms with Gasteiger partial charge >= 0.3 is 0 Å². The van der Waals surface area contributed by atoms with Gasteiger partial charge in [-0.05, 0) is 50.4 Å². The predicted octanol–water partition coefficient (Wildman–Crippen LogP) is 3.25. The molecule has 0 spiro atoms. The molecule has 1 fully saturated rings. The van der Waals surface area contributed by atoms with E-state index in [0.717, 1.165) is 24.7 Å². The van der Waals surface area contributed by atoms with Crippen molar-refractivity contribution in [3.63, 3.8) is 0 Å². The van der Waals surface area contributed by atoms with Crippen LogP contribution in [0.4, 0.5) is 0 Å². The number of rotatable bonds is 0. The largest absolute Gasteiger partial charge is 0.300 e. The fourth-order valence-corrected chi connectivity index (χ4v) is 3.64. The van der Waals surface area contributed by atoms with E-state index in [-0.39, 0.29) is 0 Å². The van der Waals surface area contributed by atoms with Crippen LogP contribution < -0.4 is 0 Å². The maximum absolute atomic E-state index is 11.4. The van der Waals surface area contributed by atoms with Gasteiger partial charge < -0.3 is 0 Å². The zero-order chi connectivity index (χ0) is 9.54. The molecular formula is C13H18O. The van der Waals surface area contributed by atoms with Gasteiger partial charge in [0.25, 0.3) is 0 Å². The Balaban J connectivity index is 1.83. The molecule has 2 atom stereocenters. The second-order valence-corrected chi connectivity index (χ2v) is 5.29. The second-order valence-electron chi connectivity index (χ2n) is 5.29. The minimum atomic E-state index is 0.528. The van der Waals surface area contributed by atoms with Crippen LogP contribution in [0.15, 0.2) is 11.1 Å². The van der Waals surface area contributed by atoms with E-state index >= 15 is 0 Å². The molecule has 76 valence electrons. The van der Waals surface area contributed by atoms with E-state index in [2.05, 4.69) is 0 Å². The lowest BCUT2D eigenvalue weighted by atomic mass is 9.73. The number of hydrogen-bond donors (Lipinski definition) is 0. The Morgan fingerprint density at radius 3 is 1.79 bits per heavy atom. The van der Waals surface area contributed by atoms with Gasteiger partial charge in [-0.2, -0.15) is 0 Å². The molecule has 0 N–H and O–H groups in total. The highest BCUT2D eigenvalue weighted by Gasteiger charge is 2.37. The number of Topliss-reactive ketones (excluding diaryl/α,β-unsaturated/α-hetero) is 1. The van der Waals surface area contributed by atoms with Crippen molar-refractivity contribution >= 4 is 5.78 Å². The summed E-state index contributed by atoms with van der Waals surface area (Å²) in [5.41, 5.74) is 3.49. The summed E-state index contributed by atoms with van der Waals surface area (Å²) < 4.78 is 0. The summed E-state index contributed by atoms with van der Waals surface area (Å²) in [5.74, 6) is 2.00. The zero-order valence-corrected chi connectivity index (χ0v) is 8.72. The highest BCUT2D eigenvalue weighted by Crippen LogP contribution is 2.46. The fourth-order valence-electron chi connectivity index (χ4n) is 3.64. The normalized spacial score (nSPS) is 37.0. The predicted molar refractivity (Wildman–Crippen MR) is 55.9 cm³/mol. The lowest BCUT2D eigenvalue weighted by Crippen LogP contribution is -2.18. The first-order valence-electron chi connectivity index (χ1n) is 6.04. The van der Waals surface area contributed by atoms with Crippen molar-refractivity contribution in [2.45, 2.75) is 51.4 Å². The molecule has 0 aromatic heterocycles. The molecule has 0 aromatic carbocycles. The van der Waals surface area contributed by atoms with E-state index < -0.39 is 0 Å². The first-order chi connectivity index (χ1) is 6.83. The molecule has 14 heavy (non-hydrogen) atoms. The van der Waals surface area contributed by atoms with Crippen molar-refractivity contribution in [2.24, 2.45) is 11.8 Å². The number of hydrogen-bond acceptors (Lipinski definition) is 1. The number of carbonyl (C=O) groups is 1. The third-order valence-electron chi connectivity index (χ3n) is 4.37. The van der Waals surface area contributed by atoms with Crippen LogP contribution in [0.1, 0.15) is 51.4 Å². The lowest BCUT2D eigenvalue weighted by molar-refractivity contribution is -0.117. The molecule has 0 amide bonds. The summed E-state index contributed by atoms with van der Waals surface area (Å²) in [6.07, 6.45) is 9.79. The third kappa shape index (κ3) is 1.34. The number of fused-ring (bicyclic) bond motifs is 1. The molecule has 0 heterocycles. The Kier molecular flexibility index (Phi) is 2.00. The van der Waals surface area contributed by atoms with E-state index in [1.807, 2.05) is 0 Å². The molecule has 0 aliphatic heterocycles. The van der Waals surface area contributed by atoms with Crippen molar-refractivity contribution in [3.8, 4) is 0 Å². The Labute approximate surface area is 85.6 Å². The van der Waals surface area contributed by atoms with Gasteiger partial charge in [-0.15, -0.1) is 0 Å². The molecule has 1 saturated carbocycles. The standard InChI is InChI=1S/C13H18O/c14-13-7-11-5-9-3-1-2-4-10(9)6-12(11)8-13/h11-12H,1-8H2/t11-,12+. The van der Waals surface area contributed by atoms with Crippen molar-refractivity contribution < 1.29 is 4.79 Å². The van der Waals surface area contributed by atoms with Gasteiger partial charge in [0.2, 0.25) is 0 Å². The van der Waals surface area contributed by atoms with Crippen LogP contribution in [-0.4, -0.2) is 5.78 Å². The monoisotopic (exact) mass is 190 g/mol. The lowest BCUT2D eigenvalue weighted by Gasteiger charge is -2.32. The number of ketones is 1. The van der Waals surface area contributed by atoms with Gasteiger partial charge in [-0.1, -0.05) is 11.1 Å². The molecular weight excluding hydrogens is 172 g/mol. The van der Waals surface area contributed by atoms with Crippen molar-refractivity contribution in [1.29, 1.82) is 0 Å². The van der Waals surface area contributed by atoms with Crippen molar-refractivity contribution in [2.75, 3.05) is 0 Å². The van der Waals surface area contributed by atoms with Crippen LogP contribution >= 0.6 is 0 Å². The first-order valence-corrected chi connectivity index (χ1v) is 6.04. The van der Waals surface area contributed by atoms with E-state index in [9.17, 15) is 4.79 Å². The van der Waals surface area contributed by atoms with Gasteiger partial charge in [0, 0.05) is 12.8 Å². The average molecular weight is 190 g/mol. The molecule has 1 heteroatoms. The molecule has 3 aliphatic rings. The highest BCUT2D eigenvalue weighted by atomic mass is 16.1. The van der Waals surface area contributed by atoms with Gasteiger partial charge in [0.15, 0.2) is 0 Å².